The van der Waals surface area contributed by atoms with E-state index in [1.165, 1.54) is 51.7 Å². The van der Waals surface area contributed by atoms with E-state index in [1.54, 1.807) is 0 Å². The molecular formula is C15H33N. The van der Waals surface area contributed by atoms with Crippen LogP contribution in [0.25, 0.3) is 0 Å². The molecule has 0 aliphatic heterocycles. The maximum absolute atomic E-state index is 2.66. The van der Waals surface area contributed by atoms with Gasteiger partial charge in [0.05, 0.1) is 0 Å². The van der Waals surface area contributed by atoms with Gasteiger partial charge in [0.15, 0.2) is 0 Å². The molecule has 0 aromatic carbocycles. The Morgan fingerprint density at radius 1 is 0.875 bits per heavy atom. The summed E-state index contributed by atoms with van der Waals surface area (Å²) >= 11 is 0. The normalized spacial score (nSPS) is 13.7. The molecule has 1 atom stereocenters. The summed E-state index contributed by atoms with van der Waals surface area (Å²) < 4.78 is 0. The second-order valence-electron chi connectivity index (χ2n) is 5.73. The van der Waals surface area contributed by atoms with E-state index in [0.717, 1.165) is 11.8 Å². The van der Waals surface area contributed by atoms with Crippen LogP contribution in [0.5, 0.6) is 0 Å². The zero-order chi connectivity index (χ0) is 12.4. The second-order valence-corrected chi connectivity index (χ2v) is 5.73. The quantitative estimate of drug-likeness (QED) is 0.528. The Kier molecular flexibility index (Phi) is 10.1. The lowest BCUT2D eigenvalue weighted by atomic mass is 9.99. The molecule has 1 heteroatoms. The summed E-state index contributed by atoms with van der Waals surface area (Å²) in [5.74, 6) is 1.73. The molecular weight excluding hydrogens is 194 g/mol. The third-order valence-corrected chi connectivity index (χ3v) is 3.17. The lowest BCUT2D eigenvalue weighted by Crippen LogP contribution is -2.30. The Morgan fingerprint density at radius 3 is 2.06 bits per heavy atom. The first-order valence-corrected chi connectivity index (χ1v) is 7.32. The molecule has 1 unspecified atom stereocenters. The van der Waals surface area contributed by atoms with Crippen molar-refractivity contribution in [3.8, 4) is 0 Å². The first kappa shape index (κ1) is 16.0. The number of nitrogens with zero attached hydrogens (tertiary/aromatic N) is 1. The van der Waals surface area contributed by atoms with E-state index < -0.39 is 0 Å². The van der Waals surface area contributed by atoms with Crippen molar-refractivity contribution in [1.82, 2.24) is 4.90 Å². The molecule has 0 saturated carbocycles. The lowest BCUT2D eigenvalue weighted by Gasteiger charge is -2.25. The molecule has 0 rings (SSSR count). The summed E-state index contributed by atoms with van der Waals surface area (Å²) in [4.78, 5) is 2.66. The maximum atomic E-state index is 2.66. The van der Waals surface area contributed by atoms with Gasteiger partial charge in [0.2, 0.25) is 0 Å². The third kappa shape index (κ3) is 9.21. The molecule has 98 valence electrons. The molecule has 0 amide bonds. The van der Waals surface area contributed by atoms with E-state index in [9.17, 15) is 0 Å². The highest BCUT2D eigenvalue weighted by Crippen LogP contribution is 2.13. The fourth-order valence-corrected chi connectivity index (χ4v) is 2.14. The average molecular weight is 227 g/mol. The van der Waals surface area contributed by atoms with Crippen LogP contribution in [0.4, 0.5) is 0 Å². The molecule has 0 spiro atoms. The minimum atomic E-state index is 0.859. The summed E-state index contributed by atoms with van der Waals surface area (Å²) in [6, 6.07) is 0. The summed E-state index contributed by atoms with van der Waals surface area (Å²) in [5.41, 5.74) is 0. The largest absolute Gasteiger partial charge is 0.303 e. The molecule has 0 aromatic heterocycles. The van der Waals surface area contributed by atoms with Crippen LogP contribution < -0.4 is 0 Å². The molecule has 0 saturated heterocycles. The van der Waals surface area contributed by atoms with Crippen molar-refractivity contribution in [2.75, 3.05) is 19.6 Å². The van der Waals surface area contributed by atoms with Crippen molar-refractivity contribution in [3.05, 3.63) is 0 Å². The van der Waals surface area contributed by atoms with E-state index in [-0.39, 0.29) is 0 Å². The zero-order valence-electron chi connectivity index (χ0n) is 12.3. The standard InChI is InChI=1S/C15H33N/c1-6-8-12-16(11-7-2)13-15(5)10-9-14(3)4/h14-15H,6-13H2,1-5H3. The summed E-state index contributed by atoms with van der Waals surface area (Å²) in [6.07, 6.45) is 6.75. The molecule has 1 nitrogen and oxygen atoms in total. The Hall–Kier alpha value is -0.0400. The first-order chi connectivity index (χ1) is 7.60. The number of hydrogen-bond donors (Lipinski definition) is 0. The van der Waals surface area contributed by atoms with Crippen LogP contribution in [0.15, 0.2) is 0 Å². The van der Waals surface area contributed by atoms with Crippen molar-refractivity contribution in [2.24, 2.45) is 11.8 Å². The molecule has 0 N–H and O–H groups in total. The van der Waals surface area contributed by atoms with E-state index >= 15 is 0 Å². The smallest absolute Gasteiger partial charge is 0.000702 e. The maximum Gasteiger partial charge on any atom is 0.000702 e. The van der Waals surface area contributed by atoms with Crippen molar-refractivity contribution in [3.63, 3.8) is 0 Å². The lowest BCUT2D eigenvalue weighted by molar-refractivity contribution is 0.224. The first-order valence-electron chi connectivity index (χ1n) is 7.32. The van der Waals surface area contributed by atoms with Crippen LogP contribution in [0.1, 0.15) is 66.7 Å². The number of hydrogen-bond acceptors (Lipinski definition) is 1. The molecule has 0 heterocycles. The monoisotopic (exact) mass is 227 g/mol. The van der Waals surface area contributed by atoms with Gasteiger partial charge in [-0.05, 0) is 44.2 Å². The van der Waals surface area contributed by atoms with Crippen LogP contribution in [-0.2, 0) is 0 Å². The fraction of sp³-hybridized carbons (Fsp3) is 1.00. The zero-order valence-corrected chi connectivity index (χ0v) is 12.3. The van der Waals surface area contributed by atoms with Gasteiger partial charge in [-0.2, -0.15) is 0 Å². The highest BCUT2D eigenvalue weighted by Gasteiger charge is 2.09. The third-order valence-electron chi connectivity index (χ3n) is 3.17. The van der Waals surface area contributed by atoms with Gasteiger partial charge in [-0.15, -0.1) is 0 Å². The van der Waals surface area contributed by atoms with Gasteiger partial charge in [-0.25, -0.2) is 0 Å². The van der Waals surface area contributed by atoms with E-state index in [4.69, 9.17) is 0 Å². The van der Waals surface area contributed by atoms with Gasteiger partial charge in [0.1, 0.15) is 0 Å². The van der Waals surface area contributed by atoms with Crippen LogP contribution in [0.3, 0.4) is 0 Å². The molecule has 0 bridgehead atoms. The molecule has 0 aliphatic rings. The molecule has 16 heavy (non-hydrogen) atoms. The van der Waals surface area contributed by atoms with E-state index in [1.807, 2.05) is 0 Å². The van der Waals surface area contributed by atoms with Crippen LogP contribution >= 0.6 is 0 Å². The Morgan fingerprint density at radius 2 is 1.56 bits per heavy atom. The highest BCUT2D eigenvalue weighted by atomic mass is 15.1. The van der Waals surface area contributed by atoms with Gasteiger partial charge >= 0.3 is 0 Å². The van der Waals surface area contributed by atoms with Crippen molar-refractivity contribution < 1.29 is 0 Å². The molecule has 0 fully saturated rings. The predicted octanol–water partition coefficient (Wildman–Crippen LogP) is 4.57. The van der Waals surface area contributed by atoms with Gasteiger partial charge in [0.25, 0.3) is 0 Å². The summed E-state index contributed by atoms with van der Waals surface area (Å²) in [5, 5.41) is 0. The van der Waals surface area contributed by atoms with Gasteiger partial charge in [0, 0.05) is 6.54 Å². The van der Waals surface area contributed by atoms with Crippen LogP contribution in [-0.4, -0.2) is 24.5 Å². The average Bonchev–Trinajstić information content (AvgIpc) is 2.23. The Labute approximate surface area is 104 Å². The minimum Gasteiger partial charge on any atom is -0.303 e. The SMILES string of the molecule is CCCCN(CCC)CC(C)CCC(C)C. The van der Waals surface area contributed by atoms with Gasteiger partial charge in [-0.3, -0.25) is 0 Å². The summed E-state index contributed by atoms with van der Waals surface area (Å²) in [6.45, 7) is 15.5. The van der Waals surface area contributed by atoms with Gasteiger partial charge < -0.3 is 4.90 Å². The van der Waals surface area contributed by atoms with Crippen molar-refractivity contribution in [1.29, 1.82) is 0 Å². The minimum absolute atomic E-state index is 0.859. The molecule has 0 radical (unpaired) electrons. The number of rotatable bonds is 10. The van der Waals surface area contributed by atoms with Crippen molar-refractivity contribution in [2.45, 2.75) is 66.7 Å². The Balaban J connectivity index is 3.77. The van der Waals surface area contributed by atoms with E-state index in [0.29, 0.717) is 0 Å². The van der Waals surface area contributed by atoms with Crippen LogP contribution in [0, 0.1) is 11.8 Å². The fourth-order valence-electron chi connectivity index (χ4n) is 2.14. The number of unbranched alkanes of at least 4 members (excludes halogenated alkanes) is 1. The predicted molar refractivity (Wildman–Crippen MR) is 74.9 cm³/mol. The Bertz CT molecular complexity index is 142. The van der Waals surface area contributed by atoms with Crippen LogP contribution in [0.2, 0.25) is 0 Å². The molecule has 0 aromatic rings. The van der Waals surface area contributed by atoms with Crippen molar-refractivity contribution >= 4 is 0 Å². The second kappa shape index (κ2) is 10.1. The topological polar surface area (TPSA) is 3.24 Å². The summed E-state index contributed by atoms with van der Waals surface area (Å²) in [7, 11) is 0. The highest BCUT2D eigenvalue weighted by molar-refractivity contribution is 4.63. The molecule has 0 aliphatic carbocycles. The van der Waals surface area contributed by atoms with Gasteiger partial charge in [-0.1, -0.05) is 47.5 Å². The van der Waals surface area contributed by atoms with E-state index in [2.05, 4.69) is 39.5 Å².